The van der Waals surface area contributed by atoms with E-state index < -0.39 is 0 Å². The van der Waals surface area contributed by atoms with Crippen molar-refractivity contribution in [2.24, 2.45) is 0 Å². The molecule has 7 heteroatoms. The number of benzene rings is 2. The predicted octanol–water partition coefficient (Wildman–Crippen LogP) is 4.75. The van der Waals surface area contributed by atoms with Crippen LogP contribution in [0.25, 0.3) is 10.1 Å². The van der Waals surface area contributed by atoms with Crippen molar-refractivity contribution in [3.8, 4) is 5.75 Å². The van der Waals surface area contributed by atoms with Gasteiger partial charge in [0.15, 0.2) is 0 Å². The van der Waals surface area contributed by atoms with Crippen LogP contribution in [0.1, 0.15) is 22.2 Å². The Balaban J connectivity index is 1.66. The number of nitrogens with zero attached hydrogens (tertiary/aromatic N) is 1. The third-order valence-corrected chi connectivity index (χ3v) is 5.27. The van der Waals surface area contributed by atoms with Gasteiger partial charge in [0.2, 0.25) is 0 Å². The number of urea groups is 1. The van der Waals surface area contributed by atoms with Gasteiger partial charge in [0.25, 0.3) is 0 Å². The van der Waals surface area contributed by atoms with Crippen molar-refractivity contribution in [1.82, 2.24) is 4.90 Å². The number of esters is 1. The SMILES string of the molecule is CCOC(=O)c1cc2cc(NC(=O)N(C)Cc3ccc(OC)cc3)ccc2s1. The van der Waals surface area contributed by atoms with E-state index in [1.807, 2.05) is 42.5 Å². The van der Waals surface area contributed by atoms with Gasteiger partial charge in [0.1, 0.15) is 10.6 Å². The van der Waals surface area contributed by atoms with E-state index in [0.29, 0.717) is 23.7 Å². The average Bonchev–Trinajstić information content (AvgIpc) is 3.12. The molecular formula is C21H22N2O4S. The minimum absolute atomic E-state index is 0.212. The fraction of sp³-hybridized carbons (Fsp3) is 0.238. The highest BCUT2D eigenvalue weighted by molar-refractivity contribution is 7.20. The van der Waals surface area contributed by atoms with Crippen LogP contribution in [-0.4, -0.2) is 37.7 Å². The monoisotopic (exact) mass is 398 g/mol. The van der Waals surface area contributed by atoms with E-state index >= 15 is 0 Å². The van der Waals surface area contributed by atoms with Crippen LogP contribution in [0.15, 0.2) is 48.5 Å². The number of thiophene rings is 1. The number of ether oxygens (including phenoxy) is 2. The molecule has 146 valence electrons. The van der Waals surface area contributed by atoms with Gasteiger partial charge in [-0.15, -0.1) is 11.3 Å². The molecule has 0 aliphatic carbocycles. The van der Waals surface area contributed by atoms with Gasteiger partial charge >= 0.3 is 12.0 Å². The first-order valence-corrected chi connectivity index (χ1v) is 9.67. The maximum absolute atomic E-state index is 12.5. The second kappa shape index (κ2) is 8.75. The molecule has 0 bridgehead atoms. The van der Waals surface area contributed by atoms with Crippen LogP contribution in [0.2, 0.25) is 0 Å². The summed E-state index contributed by atoms with van der Waals surface area (Å²) >= 11 is 1.38. The van der Waals surface area contributed by atoms with E-state index in [9.17, 15) is 9.59 Å². The minimum Gasteiger partial charge on any atom is -0.497 e. The Bertz CT molecular complexity index is 982. The van der Waals surface area contributed by atoms with Crippen molar-refractivity contribution in [3.63, 3.8) is 0 Å². The van der Waals surface area contributed by atoms with Crippen molar-refractivity contribution < 1.29 is 19.1 Å². The molecule has 0 aliphatic heterocycles. The minimum atomic E-state index is -0.325. The summed E-state index contributed by atoms with van der Waals surface area (Å²) in [5.41, 5.74) is 1.68. The topological polar surface area (TPSA) is 67.9 Å². The van der Waals surface area contributed by atoms with E-state index in [1.165, 1.54) is 11.3 Å². The molecule has 1 heterocycles. The number of anilines is 1. The summed E-state index contributed by atoms with van der Waals surface area (Å²) in [4.78, 5) is 26.5. The lowest BCUT2D eigenvalue weighted by atomic mass is 10.2. The zero-order valence-corrected chi connectivity index (χ0v) is 16.8. The lowest BCUT2D eigenvalue weighted by Gasteiger charge is -2.18. The van der Waals surface area contributed by atoms with Crippen LogP contribution in [0, 0.1) is 0 Å². The number of carbonyl (C=O) groups is 2. The highest BCUT2D eigenvalue weighted by Crippen LogP contribution is 2.29. The number of amides is 2. The largest absolute Gasteiger partial charge is 0.497 e. The lowest BCUT2D eigenvalue weighted by molar-refractivity contribution is 0.0532. The third-order valence-electron chi connectivity index (χ3n) is 4.17. The zero-order valence-electron chi connectivity index (χ0n) is 16.0. The van der Waals surface area contributed by atoms with Gasteiger partial charge in [0, 0.05) is 24.0 Å². The summed E-state index contributed by atoms with van der Waals surface area (Å²) < 4.78 is 11.2. The molecular weight excluding hydrogens is 376 g/mol. The highest BCUT2D eigenvalue weighted by Gasteiger charge is 2.13. The quantitative estimate of drug-likeness (QED) is 0.609. The first-order chi connectivity index (χ1) is 13.5. The van der Waals surface area contributed by atoms with Crippen molar-refractivity contribution in [3.05, 3.63) is 59.0 Å². The van der Waals surface area contributed by atoms with Crippen LogP contribution in [0.4, 0.5) is 10.5 Å². The number of rotatable bonds is 6. The van der Waals surface area contributed by atoms with E-state index in [1.54, 1.807) is 32.0 Å². The van der Waals surface area contributed by atoms with Gasteiger partial charge in [-0.05, 0) is 54.3 Å². The summed E-state index contributed by atoms with van der Waals surface area (Å²) in [5, 5.41) is 3.78. The fourth-order valence-corrected chi connectivity index (χ4v) is 3.66. The second-order valence-corrected chi connectivity index (χ2v) is 7.30. The smallest absolute Gasteiger partial charge is 0.348 e. The van der Waals surface area contributed by atoms with Crippen LogP contribution in [-0.2, 0) is 11.3 Å². The molecule has 28 heavy (non-hydrogen) atoms. The number of hydrogen-bond acceptors (Lipinski definition) is 5. The third kappa shape index (κ3) is 4.61. The summed E-state index contributed by atoms with van der Waals surface area (Å²) in [6.07, 6.45) is 0. The van der Waals surface area contributed by atoms with E-state index in [-0.39, 0.29) is 12.0 Å². The molecule has 2 aromatic carbocycles. The number of nitrogens with one attached hydrogen (secondary N) is 1. The molecule has 0 fully saturated rings. The summed E-state index contributed by atoms with van der Waals surface area (Å²) in [7, 11) is 3.36. The Kier molecular flexibility index (Phi) is 6.16. The maximum atomic E-state index is 12.5. The Hall–Kier alpha value is -3.06. The molecule has 0 radical (unpaired) electrons. The van der Waals surface area contributed by atoms with Crippen molar-refractivity contribution in [2.45, 2.75) is 13.5 Å². The standard InChI is InChI=1S/C21H22N2O4S/c1-4-27-20(24)19-12-15-11-16(7-10-18(15)28-19)22-21(25)23(2)13-14-5-8-17(26-3)9-6-14/h5-12H,4,13H2,1-3H3,(H,22,25). The molecule has 0 aliphatic rings. The molecule has 6 nitrogen and oxygen atoms in total. The predicted molar refractivity (Wildman–Crippen MR) is 111 cm³/mol. The van der Waals surface area contributed by atoms with Gasteiger partial charge in [-0.25, -0.2) is 9.59 Å². The van der Waals surface area contributed by atoms with Crippen LogP contribution < -0.4 is 10.1 Å². The van der Waals surface area contributed by atoms with Gasteiger partial charge in [-0.3, -0.25) is 0 Å². The maximum Gasteiger partial charge on any atom is 0.348 e. The van der Waals surface area contributed by atoms with Crippen molar-refractivity contribution in [2.75, 3.05) is 26.1 Å². The Morgan fingerprint density at radius 2 is 1.86 bits per heavy atom. The van der Waals surface area contributed by atoms with Crippen LogP contribution in [0.3, 0.4) is 0 Å². The first-order valence-electron chi connectivity index (χ1n) is 8.86. The second-order valence-electron chi connectivity index (χ2n) is 6.22. The number of fused-ring (bicyclic) bond motifs is 1. The molecule has 0 atom stereocenters. The molecule has 0 spiro atoms. The Morgan fingerprint density at radius 1 is 1.11 bits per heavy atom. The first kappa shape index (κ1) is 19.7. The Labute approximate surface area is 167 Å². The van der Waals surface area contributed by atoms with E-state index in [4.69, 9.17) is 9.47 Å². The summed E-state index contributed by atoms with van der Waals surface area (Å²) in [6, 6.07) is 14.7. The lowest BCUT2D eigenvalue weighted by Crippen LogP contribution is -2.30. The van der Waals surface area contributed by atoms with Gasteiger partial charge < -0.3 is 19.7 Å². The summed E-state index contributed by atoms with van der Waals surface area (Å²) in [6.45, 7) is 2.60. The normalized spacial score (nSPS) is 10.5. The molecule has 1 aromatic heterocycles. The zero-order chi connectivity index (χ0) is 20.1. The molecule has 3 aromatic rings. The van der Waals surface area contributed by atoms with Gasteiger partial charge in [0.05, 0.1) is 13.7 Å². The molecule has 2 amide bonds. The number of methoxy groups -OCH3 is 1. The average molecular weight is 398 g/mol. The number of hydrogen-bond donors (Lipinski definition) is 1. The van der Waals surface area contributed by atoms with Gasteiger partial charge in [-0.1, -0.05) is 12.1 Å². The molecule has 0 saturated carbocycles. The fourth-order valence-electron chi connectivity index (χ4n) is 2.72. The Morgan fingerprint density at radius 3 is 2.54 bits per heavy atom. The number of carbonyl (C=O) groups excluding carboxylic acids is 2. The van der Waals surface area contributed by atoms with Crippen molar-refractivity contribution >= 4 is 39.1 Å². The van der Waals surface area contributed by atoms with Crippen LogP contribution in [0.5, 0.6) is 5.75 Å². The van der Waals surface area contributed by atoms with E-state index in [2.05, 4.69) is 5.32 Å². The molecule has 1 N–H and O–H groups in total. The molecule has 0 saturated heterocycles. The van der Waals surface area contributed by atoms with Crippen LogP contribution >= 0.6 is 11.3 Å². The highest BCUT2D eigenvalue weighted by atomic mass is 32.1. The molecule has 0 unspecified atom stereocenters. The molecule has 3 rings (SSSR count). The summed E-state index contributed by atoms with van der Waals surface area (Å²) in [5.74, 6) is 0.454. The van der Waals surface area contributed by atoms with E-state index in [0.717, 1.165) is 21.4 Å². The van der Waals surface area contributed by atoms with Gasteiger partial charge in [-0.2, -0.15) is 0 Å². The van der Waals surface area contributed by atoms with Crippen molar-refractivity contribution in [1.29, 1.82) is 0 Å².